The van der Waals surface area contributed by atoms with Gasteiger partial charge in [-0.25, -0.2) is 0 Å². The van der Waals surface area contributed by atoms with Gasteiger partial charge in [-0.2, -0.15) is 0 Å². The van der Waals surface area contributed by atoms with E-state index in [9.17, 15) is 0 Å². The van der Waals surface area contributed by atoms with Crippen molar-refractivity contribution in [1.82, 2.24) is 9.80 Å². The van der Waals surface area contributed by atoms with E-state index in [2.05, 4.69) is 75.4 Å². The van der Waals surface area contributed by atoms with Crippen LogP contribution >= 0.6 is 0 Å². The van der Waals surface area contributed by atoms with E-state index < -0.39 is 0 Å². The summed E-state index contributed by atoms with van der Waals surface area (Å²) in [4.78, 5) is 7.75. The van der Waals surface area contributed by atoms with Gasteiger partial charge in [0, 0.05) is 57.5 Å². The second kappa shape index (κ2) is 6.73. The highest BCUT2D eigenvalue weighted by Gasteiger charge is 2.33. The van der Waals surface area contributed by atoms with E-state index in [-0.39, 0.29) is 0 Å². The van der Waals surface area contributed by atoms with Gasteiger partial charge < -0.3 is 4.90 Å². The van der Waals surface area contributed by atoms with Crippen LogP contribution in [0, 0.1) is 0 Å². The number of para-hydroxylation sites is 1. The summed E-state index contributed by atoms with van der Waals surface area (Å²) in [6, 6.07) is 22.4. The van der Waals surface area contributed by atoms with Gasteiger partial charge in [0.2, 0.25) is 0 Å². The molecule has 23 heavy (non-hydrogen) atoms. The van der Waals surface area contributed by atoms with Crippen molar-refractivity contribution in [3.63, 3.8) is 0 Å². The molecular formula is C20H25N3. The zero-order valence-corrected chi connectivity index (χ0v) is 13.6. The lowest BCUT2D eigenvalue weighted by Gasteiger charge is -2.48. The zero-order valence-electron chi connectivity index (χ0n) is 13.6. The van der Waals surface area contributed by atoms with Crippen molar-refractivity contribution < 1.29 is 0 Å². The molecule has 2 saturated heterocycles. The van der Waals surface area contributed by atoms with E-state index in [0.717, 1.165) is 25.7 Å². The maximum absolute atomic E-state index is 2.68. The molecule has 120 valence electrons. The van der Waals surface area contributed by atoms with Crippen LogP contribution < -0.4 is 4.90 Å². The number of nitrogens with zero attached hydrogens (tertiary/aromatic N) is 3. The number of hydrogen-bond donors (Lipinski definition) is 0. The summed E-state index contributed by atoms with van der Waals surface area (Å²) in [6.45, 7) is 8.23. The lowest BCUT2D eigenvalue weighted by Crippen LogP contribution is -2.62. The third-order valence-electron chi connectivity index (χ3n) is 5.14. The molecule has 0 atom stereocenters. The molecule has 3 nitrogen and oxygen atoms in total. The van der Waals surface area contributed by atoms with Crippen molar-refractivity contribution >= 4 is 5.69 Å². The van der Waals surface area contributed by atoms with Gasteiger partial charge in [-0.05, 0) is 17.7 Å². The lowest BCUT2D eigenvalue weighted by atomic mass is 10.0. The van der Waals surface area contributed by atoms with Crippen molar-refractivity contribution in [1.29, 1.82) is 0 Å². The molecular weight excluding hydrogens is 282 g/mol. The van der Waals surface area contributed by atoms with Gasteiger partial charge in [0.1, 0.15) is 0 Å². The predicted molar refractivity (Wildman–Crippen MR) is 95.7 cm³/mol. The number of hydrogen-bond acceptors (Lipinski definition) is 3. The third-order valence-corrected chi connectivity index (χ3v) is 5.14. The van der Waals surface area contributed by atoms with Crippen LogP contribution in [-0.4, -0.2) is 55.1 Å². The fourth-order valence-electron chi connectivity index (χ4n) is 3.73. The maximum atomic E-state index is 2.68. The minimum Gasteiger partial charge on any atom is -0.369 e. The van der Waals surface area contributed by atoms with E-state index in [1.807, 2.05) is 0 Å². The van der Waals surface area contributed by atoms with Crippen LogP contribution in [-0.2, 0) is 6.54 Å². The quantitative estimate of drug-likeness (QED) is 0.860. The molecule has 3 heteroatoms. The SMILES string of the molecule is c1ccc(CN2CC(N3CCN(c4ccccc4)CC3)C2)cc1. The van der Waals surface area contributed by atoms with Gasteiger partial charge in [-0.15, -0.1) is 0 Å². The highest BCUT2D eigenvalue weighted by atomic mass is 15.3. The van der Waals surface area contributed by atoms with E-state index in [1.165, 1.54) is 37.4 Å². The minimum atomic E-state index is 0.761. The van der Waals surface area contributed by atoms with Crippen molar-refractivity contribution in [2.24, 2.45) is 0 Å². The Hall–Kier alpha value is -1.84. The van der Waals surface area contributed by atoms with Crippen LogP contribution in [0.1, 0.15) is 5.56 Å². The molecule has 0 unspecified atom stereocenters. The van der Waals surface area contributed by atoms with E-state index >= 15 is 0 Å². The number of rotatable bonds is 4. The molecule has 0 aliphatic carbocycles. The molecule has 2 fully saturated rings. The van der Waals surface area contributed by atoms with Crippen LogP contribution in [0.2, 0.25) is 0 Å². The van der Waals surface area contributed by atoms with Gasteiger partial charge >= 0.3 is 0 Å². The van der Waals surface area contributed by atoms with Crippen LogP contribution in [0.5, 0.6) is 0 Å². The first-order valence-electron chi connectivity index (χ1n) is 8.69. The molecule has 0 bridgehead atoms. The van der Waals surface area contributed by atoms with E-state index in [4.69, 9.17) is 0 Å². The van der Waals surface area contributed by atoms with Gasteiger partial charge in [0.05, 0.1) is 0 Å². The normalized spacial score (nSPS) is 20.4. The first-order valence-corrected chi connectivity index (χ1v) is 8.69. The average molecular weight is 307 g/mol. The Morgan fingerprint density at radius 2 is 1.35 bits per heavy atom. The smallest absolute Gasteiger partial charge is 0.0367 e. The molecule has 0 saturated carbocycles. The highest BCUT2D eigenvalue weighted by molar-refractivity contribution is 5.46. The zero-order chi connectivity index (χ0) is 15.5. The van der Waals surface area contributed by atoms with Crippen molar-refractivity contribution in [3.05, 3.63) is 66.2 Å². The highest BCUT2D eigenvalue weighted by Crippen LogP contribution is 2.21. The van der Waals surface area contributed by atoms with Crippen LogP contribution in [0.15, 0.2) is 60.7 Å². The minimum absolute atomic E-state index is 0.761. The summed E-state index contributed by atoms with van der Waals surface area (Å²) in [5.41, 5.74) is 2.80. The first kappa shape index (κ1) is 14.7. The first-order chi connectivity index (χ1) is 11.4. The topological polar surface area (TPSA) is 9.72 Å². The Bertz CT molecular complexity index is 599. The molecule has 0 spiro atoms. The number of likely N-dealkylation sites (tertiary alicyclic amines) is 1. The summed E-state index contributed by atoms with van der Waals surface area (Å²) in [6.07, 6.45) is 0. The standard InChI is InChI=1S/C20H25N3/c1-3-7-18(8-4-1)15-21-16-20(17-21)23-13-11-22(12-14-23)19-9-5-2-6-10-19/h1-10,20H,11-17H2. The Kier molecular flexibility index (Phi) is 4.31. The number of anilines is 1. The van der Waals surface area contributed by atoms with Crippen LogP contribution in [0.4, 0.5) is 5.69 Å². The van der Waals surface area contributed by atoms with Crippen LogP contribution in [0.25, 0.3) is 0 Å². The molecule has 0 N–H and O–H groups in total. The van der Waals surface area contributed by atoms with Crippen LogP contribution in [0.3, 0.4) is 0 Å². The molecule has 2 heterocycles. The van der Waals surface area contributed by atoms with Crippen molar-refractivity contribution in [2.45, 2.75) is 12.6 Å². The molecule has 4 rings (SSSR count). The van der Waals surface area contributed by atoms with Gasteiger partial charge in [-0.1, -0.05) is 48.5 Å². The monoisotopic (exact) mass is 307 g/mol. The maximum Gasteiger partial charge on any atom is 0.0367 e. The fourth-order valence-corrected chi connectivity index (χ4v) is 3.73. The van der Waals surface area contributed by atoms with Gasteiger partial charge in [0.25, 0.3) is 0 Å². The Labute approximate surface area is 139 Å². The summed E-state index contributed by atoms with van der Waals surface area (Å²) in [7, 11) is 0. The predicted octanol–water partition coefficient (Wildman–Crippen LogP) is 2.69. The molecule has 0 radical (unpaired) electrons. The summed E-state index contributed by atoms with van der Waals surface area (Å²) >= 11 is 0. The number of benzene rings is 2. The van der Waals surface area contributed by atoms with E-state index in [1.54, 1.807) is 0 Å². The average Bonchev–Trinajstić information content (AvgIpc) is 2.60. The number of piperazine rings is 1. The molecule has 0 amide bonds. The fraction of sp³-hybridized carbons (Fsp3) is 0.400. The molecule has 2 aromatic carbocycles. The molecule has 2 aliphatic heterocycles. The molecule has 2 aromatic rings. The lowest BCUT2D eigenvalue weighted by molar-refractivity contribution is 0.0256. The third kappa shape index (κ3) is 3.41. The van der Waals surface area contributed by atoms with Gasteiger partial charge in [-0.3, -0.25) is 9.80 Å². The molecule has 0 aromatic heterocycles. The Morgan fingerprint density at radius 1 is 0.739 bits per heavy atom. The van der Waals surface area contributed by atoms with E-state index in [0.29, 0.717) is 0 Å². The molecule has 2 aliphatic rings. The second-order valence-corrected chi connectivity index (χ2v) is 6.69. The largest absolute Gasteiger partial charge is 0.369 e. The summed E-state index contributed by atoms with van der Waals surface area (Å²) in [5, 5.41) is 0. The summed E-state index contributed by atoms with van der Waals surface area (Å²) < 4.78 is 0. The van der Waals surface area contributed by atoms with Crippen molar-refractivity contribution in [3.8, 4) is 0 Å². The Balaban J connectivity index is 1.23. The summed E-state index contributed by atoms with van der Waals surface area (Å²) in [5.74, 6) is 0. The van der Waals surface area contributed by atoms with Crippen molar-refractivity contribution in [2.75, 3.05) is 44.2 Å². The second-order valence-electron chi connectivity index (χ2n) is 6.69. The Morgan fingerprint density at radius 3 is 2.00 bits per heavy atom. The van der Waals surface area contributed by atoms with Gasteiger partial charge in [0.15, 0.2) is 0 Å².